The normalized spacial score (nSPS) is 17.8. The van der Waals surface area contributed by atoms with Crippen LogP contribution in [0.15, 0.2) is 54.6 Å². The molecule has 1 heterocycles. The van der Waals surface area contributed by atoms with Gasteiger partial charge in [-0.2, -0.15) is 0 Å². The fourth-order valence-electron chi connectivity index (χ4n) is 3.13. The summed E-state index contributed by atoms with van der Waals surface area (Å²) in [6.45, 7) is 0.428. The van der Waals surface area contributed by atoms with E-state index in [2.05, 4.69) is 21.3 Å². The molecule has 6 N–H and O–H groups in total. The lowest BCUT2D eigenvalue weighted by atomic mass is 10.1. The van der Waals surface area contributed by atoms with Crippen LogP contribution in [0.1, 0.15) is 28.8 Å². The highest BCUT2D eigenvalue weighted by atomic mass is 32.2. The number of nitrogens with one attached hydrogen (secondary N) is 4. The molecule has 1 fully saturated rings. The highest BCUT2D eigenvalue weighted by molar-refractivity contribution is 8.00. The van der Waals surface area contributed by atoms with Gasteiger partial charge >= 0.3 is 0 Å². The van der Waals surface area contributed by atoms with Crippen molar-refractivity contribution in [1.29, 1.82) is 0 Å². The predicted octanol–water partition coefficient (Wildman–Crippen LogP) is 0.925. The van der Waals surface area contributed by atoms with Crippen molar-refractivity contribution in [1.82, 2.24) is 16.0 Å². The summed E-state index contributed by atoms with van der Waals surface area (Å²) < 4.78 is 0. The molecule has 1 aliphatic rings. The highest BCUT2D eigenvalue weighted by Gasteiger charge is 2.28. The molecule has 1 saturated heterocycles. The first-order chi connectivity index (χ1) is 15.4. The van der Waals surface area contributed by atoms with E-state index in [9.17, 15) is 19.2 Å². The van der Waals surface area contributed by atoms with Crippen molar-refractivity contribution in [2.75, 3.05) is 11.1 Å². The Kier molecular flexibility index (Phi) is 8.23. The summed E-state index contributed by atoms with van der Waals surface area (Å²) in [5, 5.41) is 11.5. The highest BCUT2D eigenvalue weighted by Crippen LogP contribution is 2.15. The molecule has 0 aromatic heterocycles. The van der Waals surface area contributed by atoms with Crippen LogP contribution in [0.3, 0.4) is 0 Å². The topological polar surface area (TPSA) is 142 Å². The molecule has 32 heavy (non-hydrogen) atoms. The van der Waals surface area contributed by atoms with Crippen molar-refractivity contribution in [3.05, 3.63) is 65.7 Å². The molecule has 10 heteroatoms. The van der Waals surface area contributed by atoms with Crippen molar-refractivity contribution in [2.45, 2.75) is 30.9 Å². The number of thioether (sulfide) groups is 1. The molecule has 2 atom stereocenters. The number of hydrogen-bond donors (Lipinski definition) is 5. The second-order valence-electron chi connectivity index (χ2n) is 7.28. The Morgan fingerprint density at radius 1 is 1.03 bits per heavy atom. The average molecular weight is 456 g/mol. The number of rotatable bonds is 9. The number of primary amides is 1. The maximum atomic E-state index is 12.3. The van der Waals surface area contributed by atoms with Crippen molar-refractivity contribution < 1.29 is 19.2 Å². The van der Waals surface area contributed by atoms with Gasteiger partial charge in [-0.25, -0.2) is 0 Å². The summed E-state index contributed by atoms with van der Waals surface area (Å²) in [5.41, 5.74) is 6.60. The van der Waals surface area contributed by atoms with Gasteiger partial charge in [-0.05, 0) is 29.8 Å². The van der Waals surface area contributed by atoms with Crippen LogP contribution in [0.2, 0.25) is 0 Å². The van der Waals surface area contributed by atoms with Crippen LogP contribution in [-0.2, 0) is 20.9 Å². The third-order valence-corrected chi connectivity index (χ3v) is 5.73. The maximum Gasteiger partial charge on any atom is 0.248 e. The van der Waals surface area contributed by atoms with E-state index in [0.29, 0.717) is 17.8 Å². The fourth-order valence-corrected chi connectivity index (χ4v) is 4.02. The van der Waals surface area contributed by atoms with Crippen LogP contribution in [0.4, 0.5) is 5.69 Å². The summed E-state index contributed by atoms with van der Waals surface area (Å²) in [4.78, 5) is 47.6. The largest absolute Gasteiger partial charge is 0.366 e. The second-order valence-corrected chi connectivity index (χ2v) is 8.38. The van der Waals surface area contributed by atoms with Gasteiger partial charge in [0.05, 0.1) is 5.75 Å². The molecule has 0 bridgehead atoms. The van der Waals surface area contributed by atoms with E-state index in [-0.39, 0.29) is 42.4 Å². The Labute approximate surface area is 189 Å². The van der Waals surface area contributed by atoms with E-state index in [1.54, 1.807) is 12.1 Å². The van der Waals surface area contributed by atoms with Crippen molar-refractivity contribution in [3.8, 4) is 0 Å². The number of carbonyl (C=O) groups excluding carboxylic acids is 4. The Hall–Kier alpha value is -3.37. The second kappa shape index (κ2) is 11.3. The van der Waals surface area contributed by atoms with E-state index in [1.165, 1.54) is 23.9 Å². The van der Waals surface area contributed by atoms with E-state index >= 15 is 0 Å². The van der Waals surface area contributed by atoms with Gasteiger partial charge in [0.2, 0.25) is 23.6 Å². The van der Waals surface area contributed by atoms with Gasteiger partial charge in [-0.3, -0.25) is 24.5 Å². The molecule has 3 rings (SSSR count). The zero-order valence-corrected chi connectivity index (χ0v) is 18.1. The van der Waals surface area contributed by atoms with Gasteiger partial charge in [-0.1, -0.05) is 30.3 Å². The first-order valence-electron chi connectivity index (χ1n) is 10.1. The number of anilines is 1. The van der Waals surface area contributed by atoms with Crippen molar-refractivity contribution in [2.24, 2.45) is 5.73 Å². The summed E-state index contributed by atoms with van der Waals surface area (Å²) >= 11 is 1.22. The molecule has 2 unspecified atom stereocenters. The van der Waals surface area contributed by atoms with Crippen LogP contribution >= 0.6 is 11.8 Å². The Bertz CT molecular complexity index is 968. The number of nitrogens with two attached hydrogens (primary N) is 1. The summed E-state index contributed by atoms with van der Waals surface area (Å²) in [7, 11) is 0. The lowest BCUT2D eigenvalue weighted by Crippen LogP contribution is -2.56. The van der Waals surface area contributed by atoms with Gasteiger partial charge < -0.3 is 21.7 Å². The van der Waals surface area contributed by atoms with Crippen LogP contribution in [0.5, 0.6) is 0 Å². The molecule has 4 amide bonds. The number of hydrogen-bond acceptors (Lipinski definition) is 6. The van der Waals surface area contributed by atoms with Gasteiger partial charge in [0.1, 0.15) is 5.50 Å². The van der Waals surface area contributed by atoms with Crippen LogP contribution in [0, 0.1) is 0 Å². The third kappa shape index (κ3) is 7.40. The minimum absolute atomic E-state index is 0.0858. The Morgan fingerprint density at radius 2 is 1.75 bits per heavy atom. The lowest BCUT2D eigenvalue weighted by molar-refractivity contribution is -0.125. The predicted molar refractivity (Wildman–Crippen MR) is 122 cm³/mol. The van der Waals surface area contributed by atoms with Gasteiger partial charge in [0.15, 0.2) is 0 Å². The number of amides is 4. The Balaban J connectivity index is 1.42. The minimum Gasteiger partial charge on any atom is -0.366 e. The van der Waals surface area contributed by atoms with Gasteiger partial charge in [0, 0.05) is 36.7 Å². The molecule has 9 nitrogen and oxygen atoms in total. The fraction of sp³-hybridized carbons (Fsp3) is 0.273. The molecular weight excluding hydrogens is 430 g/mol. The molecule has 1 aliphatic heterocycles. The summed E-state index contributed by atoms with van der Waals surface area (Å²) in [6.07, 6.45) is 0.351. The number of carbonyl (C=O) groups is 4. The molecule has 168 valence electrons. The van der Waals surface area contributed by atoms with E-state index in [0.717, 1.165) is 5.56 Å². The van der Waals surface area contributed by atoms with Crippen LogP contribution in [0.25, 0.3) is 0 Å². The monoisotopic (exact) mass is 455 g/mol. The molecule has 2 aromatic rings. The van der Waals surface area contributed by atoms with E-state index in [1.807, 2.05) is 30.3 Å². The lowest BCUT2D eigenvalue weighted by Gasteiger charge is -2.30. The number of benzene rings is 2. The standard InChI is InChI=1S/C22H25N5O4S/c23-21(31)15-6-8-16(9-7-15)25-20(30)13-32-22-26-17(11-19(29)27-22)10-18(28)24-12-14-4-2-1-3-5-14/h1-9,17,22,26H,10-13H2,(H2,23,31)(H,24,28)(H,25,30)(H,27,29). The Morgan fingerprint density at radius 3 is 2.44 bits per heavy atom. The first-order valence-corrected chi connectivity index (χ1v) is 11.1. The first kappa shape index (κ1) is 23.3. The molecule has 0 spiro atoms. The SMILES string of the molecule is NC(=O)c1ccc(NC(=O)CSC2NC(=O)CC(CC(=O)NCc3ccccc3)N2)cc1. The van der Waals surface area contributed by atoms with Crippen molar-refractivity contribution >= 4 is 41.1 Å². The molecule has 0 saturated carbocycles. The summed E-state index contributed by atoms with van der Waals surface area (Å²) in [6, 6.07) is 15.5. The smallest absolute Gasteiger partial charge is 0.248 e. The minimum atomic E-state index is -0.541. The molecule has 0 radical (unpaired) electrons. The van der Waals surface area contributed by atoms with E-state index < -0.39 is 11.4 Å². The van der Waals surface area contributed by atoms with Gasteiger partial charge in [0.25, 0.3) is 0 Å². The molecule has 0 aliphatic carbocycles. The average Bonchev–Trinajstić information content (AvgIpc) is 2.77. The van der Waals surface area contributed by atoms with Crippen molar-refractivity contribution in [3.63, 3.8) is 0 Å². The summed E-state index contributed by atoms with van der Waals surface area (Å²) in [5.74, 6) is -1.05. The third-order valence-electron chi connectivity index (χ3n) is 4.71. The van der Waals surface area contributed by atoms with Crippen LogP contribution < -0.4 is 27.0 Å². The van der Waals surface area contributed by atoms with Gasteiger partial charge in [-0.15, -0.1) is 11.8 Å². The zero-order valence-electron chi connectivity index (χ0n) is 17.3. The van der Waals surface area contributed by atoms with E-state index in [4.69, 9.17) is 5.73 Å². The molecular formula is C22H25N5O4S. The quantitative estimate of drug-likeness (QED) is 0.381. The maximum absolute atomic E-state index is 12.3. The van der Waals surface area contributed by atoms with Crippen LogP contribution in [-0.4, -0.2) is 40.9 Å². The molecule has 2 aromatic carbocycles. The zero-order chi connectivity index (χ0) is 22.9.